The average Bonchev–Trinajstić information content (AvgIpc) is 3.08. The predicted molar refractivity (Wildman–Crippen MR) is 85.1 cm³/mol. The molecule has 0 amide bonds. The smallest absolute Gasteiger partial charge is 0.137 e. The minimum absolute atomic E-state index is 0.732. The molecule has 0 radical (unpaired) electrons. The van der Waals surface area contributed by atoms with Gasteiger partial charge in [0.1, 0.15) is 5.65 Å². The van der Waals surface area contributed by atoms with Crippen LogP contribution in [-0.4, -0.2) is 39.5 Å². The Morgan fingerprint density at radius 2 is 2.10 bits per heavy atom. The second kappa shape index (κ2) is 5.43. The zero-order valence-electron chi connectivity index (χ0n) is 12.7. The first-order valence-electron chi connectivity index (χ1n) is 8.24. The molecule has 2 unspecified atom stereocenters. The number of nitrogens with one attached hydrogen (secondary N) is 2. The lowest BCUT2D eigenvalue weighted by Crippen LogP contribution is -2.47. The van der Waals surface area contributed by atoms with Crippen molar-refractivity contribution < 1.29 is 0 Å². The molecule has 0 aromatic carbocycles. The Hall–Kier alpha value is -1.39. The fourth-order valence-electron chi connectivity index (χ4n) is 4.19. The molecule has 2 aromatic heterocycles. The summed E-state index contributed by atoms with van der Waals surface area (Å²) in [6.45, 7) is 4.44. The minimum atomic E-state index is 0.732. The second-order valence-corrected chi connectivity index (χ2v) is 6.54. The van der Waals surface area contributed by atoms with Gasteiger partial charge >= 0.3 is 0 Å². The molecule has 2 aliphatic heterocycles. The Labute approximate surface area is 125 Å². The van der Waals surface area contributed by atoms with Crippen LogP contribution in [-0.2, 0) is 6.54 Å². The Morgan fingerprint density at radius 3 is 2.86 bits per heavy atom. The van der Waals surface area contributed by atoms with Crippen LogP contribution >= 0.6 is 0 Å². The lowest BCUT2D eigenvalue weighted by Gasteiger charge is -2.37. The van der Waals surface area contributed by atoms with Crippen molar-refractivity contribution in [2.45, 2.75) is 57.3 Å². The number of aromatic nitrogens is 2. The van der Waals surface area contributed by atoms with Gasteiger partial charge in [-0.15, -0.1) is 0 Å². The molecule has 4 heterocycles. The summed E-state index contributed by atoms with van der Waals surface area (Å²) in [4.78, 5) is 10.4. The van der Waals surface area contributed by atoms with Crippen LogP contribution in [0, 0.1) is 0 Å². The van der Waals surface area contributed by atoms with Gasteiger partial charge in [0.25, 0.3) is 0 Å². The molecule has 2 N–H and O–H groups in total. The molecule has 21 heavy (non-hydrogen) atoms. The number of fused-ring (bicyclic) bond motifs is 3. The Balaban J connectivity index is 1.54. The normalized spacial score (nSPS) is 28.6. The highest BCUT2D eigenvalue weighted by Crippen LogP contribution is 2.31. The van der Waals surface area contributed by atoms with E-state index in [4.69, 9.17) is 0 Å². The van der Waals surface area contributed by atoms with Crippen LogP contribution in [0.4, 0.5) is 0 Å². The van der Waals surface area contributed by atoms with Crippen molar-refractivity contribution in [3.63, 3.8) is 0 Å². The van der Waals surface area contributed by atoms with Crippen LogP contribution in [0.25, 0.3) is 11.0 Å². The van der Waals surface area contributed by atoms with E-state index in [1.165, 1.54) is 36.6 Å². The molecule has 0 spiro atoms. The first kappa shape index (κ1) is 13.3. The summed E-state index contributed by atoms with van der Waals surface area (Å²) < 4.78 is 0. The van der Waals surface area contributed by atoms with Crippen molar-refractivity contribution in [2.75, 3.05) is 6.54 Å². The summed E-state index contributed by atoms with van der Waals surface area (Å²) in [6, 6.07) is 6.45. The van der Waals surface area contributed by atoms with Crippen molar-refractivity contribution in [3.05, 3.63) is 30.1 Å². The zero-order valence-corrected chi connectivity index (χ0v) is 12.7. The van der Waals surface area contributed by atoms with Gasteiger partial charge in [-0.25, -0.2) is 4.98 Å². The quantitative estimate of drug-likeness (QED) is 0.907. The summed E-state index contributed by atoms with van der Waals surface area (Å²) >= 11 is 0. The van der Waals surface area contributed by atoms with Gasteiger partial charge in [0.05, 0.1) is 0 Å². The Bertz CT molecular complexity index is 608. The number of aromatic amines is 1. The van der Waals surface area contributed by atoms with Gasteiger partial charge in [0.2, 0.25) is 0 Å². The fraction of sp³-hybridized carbons (Fsp3) is 0.588. The third-order valence-electron chi connectivity index (χ3n) is 5.28. The van der Waals surface area contributed by atoms with E-state index in [0.29, 0.717) is 0 Å². The van der Waals surface area contributed by atoms with E-state index in [-0.39, 0.29) is 0 Å². The molecule has 2 aromatic rings. The summed E-state index contributed by atoms with van der Waals surface area (Å²) in [5, 5.41) is 5.02. The first-order valence-corrected chi connectivity index (χ1v) is 8.24. The molecule has 4 nitrogen and oxygen atoms in total. The van der Waals surface area contributed by atoms with E-state index in [9.17, 15) is 0 Å². The number of H-pyrrole nitrogens is 1. The number of rotatable bonds is 4. The van der Waals surface area contributed by atoms with Gasteiger partial charge in [0.15, 0.2) is 0 Å². The third kappa shape index (κ3) is 2.47. The number of hydrogen-bond acceptors (Lipinski definition) is 3. The van der Waals surface area contributed by atoms with E-state index >= 15 is 0 Å². The minimum Gasteiger partial charge on any atom is -0.346 e. The molecule has 2 fully saturated rings. The number of piperidine rings is 1. The lowest BCUT2D eigenvalue weighted by molar-refractivity contribution is 0.141. The SMILES string of the molecule is CCN(Cc1c[nH]c2ncccc12)C1CC2CCC(C1)N2. The number of pyridine rings is 1. The molecular formula is C17H24N4. The van der Waals surface area contributed by atoms with Gasteiger partial charge in [0, 0.05) is 42.5 Å². The Kier molecular flexibility index (Phi) is 3.43. The van der Waals surface area contributed by atoms with Crippen molar-refractivity contribution in [1.82, 2.24) is 20.2 Å². The van der Waals surface area contributed by atoms with Crippen LogP contribution in [0.2, 0.25) is 0 Å². The summed E-state index contributed by atoms with van der Waals surface area (Å²) in [5.41, 5.74) is 2.39. The predicted octanol–water partition coefficient (Wildman–Crippen LogP) is 2.67. The van der Waals surface area contributed by atoms with Gasteiger partial charge in [-0.3, -0.25) is 4.90 Å². The largest absolute Gasteiger partial charge is 0.346 e. The molecule has 112 valence electrons. The lowest BCUT2D eigenvalue weighted by atomic mass is 9.97. The number of nitrogens with zero attached hydrogens (tertiary/aromatic N) is 2. The van der Waals surface area contributed by atoms with Crippen molar-refractivity contribution in [2.24, 2.45) is 0 Å². The molecule has 2 aliphatic rings. The second-order valence-electron chi connectivity index (χ2n) is 6.54. The highest BCUT2D eigenvalue weighted by Gasteiger charge is 2.35. The van der Waals surface area contributed by atoms with Crippen molar-refractivity contribution in [1.29, 1.82) is 0 Å². The molecule has 2 atom stereocenters. The molecule has 4 rings (SSSR count). The summed E-state index contributed by atoms with van der Waals surface area (Å²) in [7, 11) is 0. The van der Waals surface area contributed by atoms with E-state index in [0.717, 1.165) is 36.9 Å². The molecule has 4 heteroatoms. The van der Waals surface area contributed by atoms with E-state index in [2.05, 4.69) is 39.4 Å². The van der Waals surface area contributed by atoms with Crippen LogP contribution < -0.4 is 5.32 Å². The standard InChI is InChI=1S/C17H24N4/c1-2-21(15-8-13-5-6-14(9-15)20-13)11-12-10-19-17-16(12)4-3-7-18-17/h3-4,7,10,13-15,20H,2,5-6,8-9,11H2,1H3,(H,18,19). The van der Waals surface area contributed by atoms with E-state index in [1.807, 2.05) is 12.3 Å². The summed E-state index contributed by atoms with van der Waals surface area (Å²) in [5.74, 6) is 0. The van der Waals surface area contributed by atoms with Crippen molar-refractivity contribution >= 4 is 11.0 Å². The maximum Gasteiger partial charge on any atom is 0.137 e. The van der Waals surface area contributed by atoms with Gasteiger partial charge < -0.3 is 10.3 Å². The number of hydrogen-bond donors (Lipinski definition) is 2. The highest BCUT2D eigenvalue weighted by molar-refractivity contribution is 5.79. The zero-order chi connectivity index (χ0) is 14.2. The van der Waals surface area contributed by atoms with Gasteiger partial charge in [-0.05, 0) is 49.9 Å². The monoisotopic (exact) mass is 284 g/mol. The van der Waals surface area contributed by atoms with Crippen LogP contribution in [0.3, 0.4) is 0 Å². The maximum absolute atomic E-state index is 4.40. The van der Waals surface area contributed by atoms with Crippen LogP contribution in [0.1, 0.15) is 38.2 Å². The highest BCUT2D eigenvalue weighted by atomic mass is 15.2. The van der Waals surface area contributed by atoms with Gasteiger partial charge in [-0.2, -0.15) is 0 Å². The molecule has 2 bridgehead atoms. The third-order valence-corrected chi connectivity index (χ3v) is 5.28. The van der Waals surface area contributed by atoms with Crippen LogP contribution in [0.15, 0.2) is 24.5 Å². The van der Waals surface area contributed by atoms with Gasteiger partial charge in [-0.1, -0.05) is 6.92 Å². The Morgan fingerprint density at radius 1 is 1.29 bits per heavy atom. The molecule has 2 saturated heterocycles. The molecular weight excluding hydrogens is 260 g/mol. The van der Waals surface area contributed by atoms with E-state index in [1.54, 1.807) is 0 Å². The topological polar surface area (TPSA) is 44.0 Å². The maximum atomic E-state index is 4.40. The van der Waals surface area contributed by atoms with E-state index < -0.39 is 0 Å². The molecule has 0 aliphatic carbocycles. The average molecular weight is 284 g/mol. The molecule has 0 saturated carbocycles. The first-order chi connectivity index (χ1) is 10.3. The van der Waals surface area contributed by atoms with Crippen LogP contribution in [0.5, 0.6) is 0 Å². The summed E-state index contributed by atoms with van der Waals surface area (Å²) in [6.07, 6.45) is 9.35. The fourth-order valence-corrected chi connectivity index (χ4v) is 4.19. The van der Waals surface area contributed by atoms with Crippen molar-refractivity contribution in [3.8, 4) is 0 Å².